The minimum Gasteiger partial charge on any atom is -0.325 e. The fraction of sp³-hybridized carbons (Fsp3) is 0.0741. The molecule has 2 aromatic heterocycles. The molecule has 0 radical (unpaired) electrons. The molecule has 0 spiro atoms. The van der Waals surface area contributed by atoms with Crippen LogP contribution in [0, 0.1) is 6.92 Å². The summed E-state index contributed by atoms with van der Waals surface area (Å²) in [7, 11) is 0. The van der Waals surface area contributed by atoms with Crippen LogP contribution in [0.15, 0.2) is 95.4 Å². The van der Waals surface area contributed by atoms with Crippen LogP contribution in [-0.2, 0) is 11.3 Å². The third-order valence-corrected chi connectivity index (χ3v) is 6.37. The molecule has 2 heterocycles. The number of anilines is 1. The zero-order chi connectivity index (χ0) is 22.8. The lowest BCUT2D eigenvalue weighted by atomic mass is 10.0. The zero-order valence-corrected chi connectivity index (χ0v) is 18.8. The van der Waals surface area contributed by atoms with E-state index in [0.29, 0.717) is 15.9 Å². The van der Waals surface area contributed by atoms with Crippen LogP contribution in [0.2, 0.25) is 0 Å². The van der Waals surface area contributed by atoms with Crippen LogP contribution in [0.25, 0.3) is 32.5 Å². The van der Waals surface area contributed by atoms with E-state index in [9.17, 15) is 9.59 Å². The number of nitrogens with one attached hydrogen (secondary N) is 1. The van der Waals surface area contributed by atoms with Gasteiger partial charge in [-0.05, 0) is 41.3 Å². The smallest absolute Gasteiger partial charge is 0.263 e. The van der Waals surface area contributed by atoms with E-state index in [2.05, 4.69) is 34.6 Å². The van der Waals surface area contributed by atoms with Gasteiger partial charge in [0.15, 0.2) is 0 Å². The van der Waals surface area contributed by atoms with Crippen molar-refractivity contribution in [3.8, 4) is 22.3 Å². The lowest BCUT2D eigenvalue weighted by Gasteiger charge is -2.08. The molecule has 0 saturated heterocycles. The molecule has 3 aromatic carbocycles. The van der Waals surface area contributed by atoms with Gasteiger partial charge in [0.2, 0.25) is 5.91 Å². The highest BCUT2D eigenvalue weighted by molar-refractivity contribution is 7.17. The van der Waals surface area contributed by atoms with Gasteiger partial charge in [-0.3, -0.25) is 14.2 Å². The molecular formula is C27H21N3O2S. The average molecular weight is 452 g/mol. The Hall–Kier alpha value is -4.03. The summed E-state index contributed by atoms with van der Waals surface area (Å²) >= 11 is 1.43. The molecule has 0 saturated carbocycles. The largest absolute Gasteiger partial charge is 0.325 e. The van der Waals surface area contributed by atoms with Gasteiger partial charge < -0.3 is 5.32 Å². The van der Waals surface area contributed by atoms with Crippen molar-refractivity contribution in [2.75, 3.05) is 5.32 Å². The summed E-state index contributed by atoms with van der Waals surface area (Å²) in [5, 5.41) is 5.34. The average Bonchev–Trinajstić information content (AvgIpc) is 3.27. The number of fused-ring (bicyclic) bond motifs is 1. The predicted molar refractivity (Wildman–Crippen MR) is 135 cm³/mol. The van der Waals surface area contributed by atoms with Crippen molar-refractivity contribution in [3.05, 3.63) is 106 Å². The van der Waals surface area contributed by atoms with Crippen molar-refractivity contribution in [3.63, 3.8) is 0 Å². The van der Waals surface area contributed by atoms with Crippen molar-refractivity contribution in [2.24, 2.45) is 0 Å². The Balaban J connectivity index is 1.44. The van der Waals surface area contributed by atoms with E-state index in [-0.39, 0.29) is 18.0 Å². The zero-order valence-electron chi connectivity index (χ0n) is 18.0. The van der Waals surface area contributed by atoms with Gasteiger partial charge in [0.05, 0.1) is 11.7 Å². The fourth-order valence-corrected chi connectivity index (χ4v) is 4.75. The molecule has 5 nitrogen and oxygen atoms in total. The lowest BCUT2D eigenvalue weighted by molar-refractivity contribution is -0.116. The third-order valence-electron chi connectivity index (χ3n) is 5.48. The Morgan fingerprint density at radius 2 is 1.67 bits per heavy atom. The number of thiophene rings is 1. The summed E-state index contributed by atoms with van der Waals surface area (Å²) in [5.74, 6) is -0.271. The van der Waals surface area contributed by atoms with E-state index in [4.69, 9.17) is 0 Å². The van der Waals surface area contributed by atoms with Gasteiger partial charge in [-0.25, -0.2) is 4.98 Å². The number of rotatable bonds is 5. The van der Waals surface area contributed by atoms with E-state index in [1.807, 2.05) is 66.9 Å². The highest BCUT2D eigenvalue weighted by atomic mass is 32.1. The number of benzene rings is 3. The van der Waals surface area contributed by atoms with Crippen LogP contribution in [0.5, 0.6) is 0 Å². The maximum atomic E-state index is 13.3. The van der Waals surface area contributed by atoms with Crippen molar-refractivity contribution < 1.29 is 4.79 Å². The molecule has 0 unspecified atom stereocenters. The number of amides is 1. The Kier molecular flexibility index (Phi) is 5.59. The molecule has 6 heteroatoms. The van der Waals surface area contributed by atoms with E-state index < -0.39 is 0 Å². The van der Waals surface area contributed by atoms with Gasteiger partial charge in [0.1, 0.15) is 11.4 Å². The first kappa shape index (κ1) is 20.8. The summed E-state index contributed by atoms with van der Waals surface area (Å²) in [6, 6.07) is 25.9. The second-order valence-electron chi connectivity index (χ2n) is 7.87. The molecule has 0 atom stereocenters. The van der Waals surface area contributed by atoms with Gasteiger partial charge >= 0.3 is 0 Å². The monoisotopic (exact) mass is 451 g/mol. The van der Waals surface area contributed by atoms with Crippen molar-refractivity contribution in [1.29, 1.82) is 0 Å². The number of carbonyl (C=O) groups excluding carboxylic acids is 1. The number of carbonyl (C=O) groups is 1. The van der Waals surface area contributed by atoms with Crippen LogP contribution in [0.4, 0.5) is 5.69 Å². The van der Waals surface area contributed by atoms with Crippen molar-refractivity contribution in [1.82, 2.24) is 9.55 Å². The summed E-state index contributed by atoms with van der Waals surface area (Å²) in [4.78, 5) is 30.9. The molecule has 5 rings (SSSR count). The normalized spacial score (nSPS) is 10.9. The molecule has 162 valence electrons. The van der Waals surface area contributed by atoms with E-state index >= 15 is 0 Å². The van der Waals surface area contributed by atoms with Crippen LogP contribution >= 0.6 is 11.3 Å². The third kappa shape index (κ3) is 4.33. The molecule has 0 aliphatic rings. The summed E-state index contributed by atoms with van der Waals surface area (Å²) in [6.07, 6.45) is 1.44. The Bertz CT molecular complexity index is 1500. The Labute approximate surface area is 195 Å². The molecule has 0 aliphatic carbocycles. The lowest BCUT2D eigenvalue weighted by Crippen LogP contribution is -2.27. The molecule has 1 N–H and O–H groups in total. The second kappa shape index (κ2) is 8.84. The highest BCUT2D eigenvalue weighted by Gasteiger charge is 2.15. The minimum atomic E-state index is -0.271. The van der Waals surface area contributed by atoms with E-state index in [1.165, 1.54) is 22.2 Å². The maximum Gasteiger partial charge on any atom is 0.263 e. The Morgan fingerprint density at radius 1 is 0.939 bits per heavy atom. The number of hydrogen-bond donors (Lipinski definition) is 1. The summed E-state index contributed by atoms with van der Waals surface area (Å²) < 4.78 is 1.36. The topological polar surface area (TPSA) is 64.0 Å². The molecule has 0 fully saturated rings. The first-order valence-electron chi connectivity index (χ1n) is 10.6. The van der Waals surface area contributed by atoms with E-state index in [1.54, 1.807) is 0 Å². The molecule has 5 aromatic rings. The number of hydrogen-bond acceptors (Lipinski definition) is 4. The number of aryl methyl sites for hydroxylation is 1. The van der Waals surface area contributed by atoms with Crippen LogP contribution in [-0.4, -0.2) is 15.5 Å². The molecule has 33 heavy (non-hydrogen) atoms. The summed E-state index contributed by atoms with van der Waals surface area (Å²) in [5.41, 5.74) is 5.57. The first-order chi connectivity index (χ1) is 16.1. The van der Waals surface area contributed by atoms with Gasteiger partial charge in [-0.2, -0.15) is 0 Å². The highest BCUT2D eigenvalue weighted by Crippen LogP contribution is 2.32. The van der Waals surface area contributed by atoms with Crippen LogP contribution in [0.3, 0.4) is 0 Å². The molecule has 0 aliphatic heterocycles. The maximum absolute atomic E-state index is 13.3. The molecule has 0 bridgehead atoms. The van der Waals surface area contributed by atoms with E-state index in [0.717, 1.165) is 27.8 Å². The van der Waals surface area contributed by atoms with Gasteiger partial charge in [0, 0.05) is 16.6 Å². The number of nitrogens with zero attached hydrogens (tertiary/aromatic N) is 2. The van der Waals surface area contributed by atoms with Crippen LogP contribution in [0.1, 0.15) is 5.56 Å². The van der Waals surface area contributed by atoms with Crippen molar-refractivity contribution in [2.45, 2.75) is 13.5 Å². The predicted octanol–water partition coefficient (Wildman–Crippen LogP) is 5.74. The number of aromatic nitrogens is 2. The van der Waals surface area contributed by atoms with Gasteiger partial charge in [-0.15, -0.1) is 11.3 Å². The molecular weight excluding hydrogens is 430 g/mol. The van der Waals surface area contributed by atoms with Gasteiger partial charge in [-0.1, -0.05) is 66.7 Å². The molecule has 1 amide bonds. The SMILES string of the molecule is Cc1cccc(NC(=O)Cn2cnc3scc(-c4ccc(-c5ccccc5)cc4)c3c2=O)c1. The Morgan fingerprint density at radius 3 is 2.42 bits per heavy atom. The first-order valence-corrected chi connectivity index (χ1v) is 11.5. The summed E-state index contributed by atoms with van der Waals surface area (Å²) in [6.45, 7) is 1.86. The van der Waals surface area contributed by atoms with Gasteiger partial charge in [0.25, 0.3) is 5.56 Å². The van der Waals surface area contributed by atoms with Crippen LogP contribution < -0.4 is 10.9 Å². The fourth-order valence-electron chi connectivity index (χ4n) is 3.84. The quantitative estimate of drug-likeness (QED) is 0.371. The second-order valence-corrected chi connectivity index (χ2v) is 8.73. The minimum absolute atomic E-state index is 0.0993. The standard InChI is InChI=1S/C27H21N3O2S/c1-18-6-5-9-22(14-18)29-24(31)15-30-17-28-26-25(27(30)32)23(16-33-26)21-12-10-20(11-13-21)19-7-3-2-4-8-19/h2-14,16-17H,15H2,1H3,(H,29,31). The van der Waals surface area contributed by atoms with Crippen molar-refractivity contribution >= 4 is 33.1 Å².